The summed E-state index contributed by atoms with van der Waals surface area (Å²) in [5, 5.41) is 6.37. The van der Waals surface area contributed by atoms with E-state index in [0.29, 0.717) is 36.9 Å². The zero-order valence-electron chi connectivity index (χ0n) is 16.3. The van der Waals surface area contributed by atoms with E-state index in [1.165, 1.54) is 6.20 Å². The van der Waals surface area contributed by atoms with Crippen molar-refractivity contribution in [3.8, 4) is 0 Å². The zero-order chi connectivity index (χ0) is 21.3. The van der Waals surface area contributed by atoms with E-state index in [0.717, 1.165) is 16.5 Å². The number of fused-ring (bicyclic) bond motifs is 1. The summed E-state index contributed by atoms with van der Waals surface area (Å²) in [7, 11) is 0. The predicted octanol–water partition coefficient (Wildman–Crippen LogP) is 3.99. The van der Waals surface area contributed by atoms with Crippen LogP contribution in [0.25, 0.3) is 16.5 Å². The molecule has 0 spiro atoms. The van der Waals surface area contributed by atoms with Gasteiger partial charge in [0.2, 0.25) is 5.91 Å². The lowest BCUT2D eigenvalue weighted by atomic mass is 9.85. The highest BCUT2D eigenvalue weighted by Crippen LogP contribution is 2.40. The molecule has 0 radical (unpaired) electrons. The lowest BCUT2D eigenvalue weighted by Gasteiger charge is -2.24. The molecule has 5 nitrogen and oxygen atoms in total. The SMILES string of the molecule is O=C1CCC(CNC(=O)c2cnc3c(C4=CCC(C(F)(F)F)CC4)cccc3c2)N1. The van der Waals surface area contributed by atoms with Gasteiger partial charge in [-0.15, -0.1) is 0 Å². The van der Waals surface area contributed by atoms with Gasteiger partial charge in [0, 0.05) is 36.2 Å². The molecule has 2 aromatic rings. The number of nitrogens with zero attached hydrogens (tertiary/aromatic N) is 1. The monoisotopic (exact) mass is 417 g/mol. The number of hydrogen-bond donors (Lipinski definition) is 2. The Bertz CT molecular complexity index is 1020. The predicted molar refractivity (Wildman–Crippen MR) is 107 cm³/mol. The Labute approximate surface area is 171 Å². The molecule has 0 bridgehead atoms. The normalized spacial score (nSPS) is 22.0. The van der Waals surface area contributed by atoms with Crippen LogP contribution in [0.1, 0.15) is 48.0 Å². The van der Waals surface area contributed by atoms with Crippen LogP contribution in [0.4, 0.5) is 13.2 Å². The molecule has 2 atom stereocenters. The summed E-state index contributed by atoms with van der Waals surface area (Å²) in [6, 6.07) is 7.20. The zero-order valence-corrected chi connectivity index (χ0v) is 16.3. The molecule has 2 amide bonds. The van der Waals surface area contributed by atoms with Crippen LogP contribution in [0.3, 0.4) is 0 Å². The Kier molecular flexibility index (Phi) is 5.49. The Hall–Kier alpha value is -2.90. The highest BCUT2D eigenvalue weighted by molar-refractivity contribution is 5.99. The molecule has 1 aromatic heterocycles. The highest BCUT2D eigenvalue weighted by Gasteiger charge is 2.39. The number of carbonyl (C=O) groups excluding carboxylic acids is 2. The van der Waals surface area contributed by atoms with E-state index >= 15 is 0 Å². The fourth-order valence-electron chi connectivity index (χ4n) is 4.07. The first-order valence-electron chi connectivity index (χ1n) is 10.0. The topological polar surface area (TPSA) is 71.1 Å². The van der Waals surface area contributed by atoms with Gasteiger partial charge in [-0.05, 0) is 37.3 Å². The second kappa shape index (κ2) is 8.08. The second-order valence-electron chi connectivity index (χ2n) is 7.86. The minimum absolute atomic E-state index is 0.00674. The third-order valence-electron chi connectivity index (χ3n) is 5.79. The van der Waals surface area contributed by atoms with Crippen LogP contribution in [-0.2, 0) is 4.79 Å². The summed E-state index contributed by atoms with van der Waals surface area (Å²) in [5.74, 6) is -1.57. The van der Waals surface area contributed by atoms with Crippen molar-refractivity contribution in [3.05, 3.63) is 47.7 Å². The maximum Gasteiger partial charge on any atom is 0.392 e. The summed E-state index contributed by atoms with van der Waals surface area (Å²) < 4.78 is 38.8. The van der Waals surface area contributed by atoms with E-state index < -0.39 is 12.1 Å². The molecular weight excluding hydrogens is 395 g/mol. The Balaban J connectivity index is 1.50. The summed E-state index contributed by atoms with van der Waals surface area (Å²) >= 11 is 0. The molecule has 1 saturated heterocycles. The summed E-state index contributed by atoms with van der Waals surface area (Å²) in [5.41, 5.74) is 2.75. The van der Waals surface area contributed by atoms with Gasteiger partial charge < -0.3 is 10.6 Å². The Morgan fingerprint density at radius 1 is 1.23 bits per heavy atom. The number of hydrogen-bond acceptors (Lipinski definition) is 3. The number of nitrogens with one attached hydrogen (secondary N) is 2. The molecule has 4 rings (SSSR count). The standard InChI is InChI=1S/C22H22F3N3O2/c23-22(24,25)16-6-4-13(5-7-16)18-3-1-2-14-10-15(11-26-20(14)18)21(30)27-12-17-8-9-19(29)28-17/h1-4,10-11,16-17H,5-9,12H2,(H,27,30)(H,28,29). The molecule has 1 aliphatic carbocycles. The average molecular weight is 417 g/mol. The van der Waals surface area contributed by atoms with Crippen molar-refractivity contribution in [2.24, 2.45) is 5.92 Å². The molecule has 2 N–H and O–H groups in total. The molecule has 2 unspecified atom stereocenters. The van der Waals surface area contributed by atoms with Crippen LogP contribution in [0, 0.1) is 5.92 Å². The summed E-state index contributed by atoms with van der Waals surface area (Å²) in [4.78, 5) is 28.2. The number of aromatic nitrogens is 1. The van der Waals surface area contributed by atoms with Crippen LogP contribution in [0.2, 0.25) is 0 Å². The fraction of sp³-hybridized carbons (Fsp3) is 0.409. The van der Waals surface area contributed by atoms with Gasteiger partial charge in [-0.1, -0.05) is 24.3 Å². The minimum atomic E-state index is -4.16. The van der Waals surface area contributed by atoms with Crippen molar-refractivity contribution >= 4 is 28.3 Å². The van der Waals surface area contributed by atoms with Crippen LogP contribution < -0.4 is 10.6 Å². The van der Waals surface area contributed by atoms with Gasteiger partial charge in [-0.2, -0.15) is 13.2 Å². The molecule has 30 heavy (non-hydrogen) atoms. The number of alkyl halides is 3. The third-order valence-corrected chi connectivity index (χ3v) is 5.79. The number of pyridine rings is 1. The van der Waals surface area contributed by atoms with E-state index in [4.69, 9.17) is 0 Å². The molecule has 1 fully saturated rings. The smallest absolute Gasteiger partial charge is 0.352 e. The van der Waals surface area contributed by atoms with E-state index in [9.17, 15) is 22.8 Å². The number of rotatable bonds is 4. The molecule has 158 valence electrons. The molecular formula is C22H22F3N3O2. The molecule has 1 aromatic carbocycles. The molecule has 1 aliphatic heterocycles. The molecule has 8 heteroatoms. The van der Waals surface area contributed by atoms with Crippen LogP contribution in [0.5, 0.6) is 0 Å². The number of benzene rings is 1. The van der Waals surface area contributed by atoms with E-state index in [1.807, 2.05) is 18.2 Å². The molecule has 2 aliphatic rings. The maximum absolute atomic E-state index is 12.9. The van der Waals surface area contributed by atoms with Crippen molar-refractivity contribution < 1.29 is 22.8 Å². The van der Waals surface area contributed by atoms with Gasteiger partial charge in [0.25, 0.3) is 5.91 Å². The molecule has 0 saturated carbocycles. The van der Waals surface area contributed by atoms with Gasteiger partial charge >= 0.3 is 6.18 Å². The first kappa shape index (κ1) is 20.4. The quantitative estimate of drug-likeness (QED) is 0.790. The lowest BCUT2D eigenvalue weighted by Crippen LogP contribution is -2.38. The second-order valence-corrected chi connectivity index (χ2v) is 7.86. The largest absolute Gasteiger partial charge is 0.392 e. The Morgan fingerprint density at radius 2 is 2.07 bits per heavy atom. The van der Waals surface area contributed by atoms with Gasteiger partial charge in [0.15, 0.2) is 0 Å². The van der Waals surface area contributed by atoms with E-state index in [2.05, 4.69) is 15.6 Å². The first-order chi connectivity index (χ1) is 14.3. The van der Waals surface area contributed by atoms with Gasteiger partial charge in [-0.25, -0.2) is 0 Å². The van der Waals surface area contributed by atoms with Gasteiger partial charge in [0.1, 0.15) is 0 Å². The van der Waals surface area contributed by atoms with Crippen molar-refractivity contribution in [2.45, 2.75) is 44.3 Å². The van der Waals surface area contributed by atoms with E-state index in [1.54, 1.807) is 12.1 Å². The van der Waals surface area contributed by atoms with E-state index in [-0.39, 0.29) is 30.7 Å². The number of halogens is 3. The fourth-order valence-corrected chi connectivity index (χ4v) is 4.07. The van der Waals surface area contributed by atoms with Crippen LogP contribution in [0.15, 0.2) is 36.5 Å². The maximum atomic E-state index is 12.9. The van der Waals surface area contributed by atoms with Crippen LogP contribution in [-0.4, -0.2) is 35.6 Å². The third kappa shape index (κ3) is 4.32. The first-order valence-corrected chi connectivity index (χ1v) is 10.0. The summed E-state index contributed by atoms with van der Waals surface area (Å²) in [6.45, 7) is 0.357. The lowest BCUT2D eigenvalue weighted by molar-refractivity contribution is -0.175. The van der Waals surface area contributed by atoms with Crippen molar-refractivity contribution in [1.82, 2.24) is 15.6 Å². The Morgan fingerprint density at radius 3 is 2.73 bits per heavy atom. The van der Waals surface area contributed by atoms with Crippen molar-refractivity contribution in [3.63, 3.8) is 0 Å². The number of allylic oxidation sites excluding steroid dienone is 2. The summed E-state index contributed by atoms with van der Waals surface area (Å²) in [6.07, 6.45) is 0.550. The van der Waals surface area contributed by atoms with Gasteiger partial charge in [0.05, 0.1) is 17.0 Å². The number of para-hydroxylation sites is 1. The minimum Gasteiger partial charge on any atom is -0.352 e. The molecule has 2 heterocycles. The number of carbonyl (C=O) groups is 2. The van der Waals surface area contributed by atoms with Crippen molar-refractivity contribution in [1.29, 1.82) is 0 Å². The number of amides is 2. The van der Waals surface area contributed by atoms with Crippen molar-refractivity contribution in [2.75, 3.05) is 6.54 Å². The highest BCUT2D eigenvalue weighted by atomic mass is 19.4. The van der Waals surface area contributed by atoms with Crippen LogP contribution >= 0.6 is 0 Å². The van der Waals surface area contributed by atoms with Gasteiger partial charge in [-0.3, -0.25) is 14.6 Å². The average Bonchev–Trinajstić information content (AvgIpc) is 3.15.